The molecule has 0 unspecified atom stereocenters. The minimum absolute atomic E-state index is 0.185. The van der Waals surface area contributed by atoms with Gasteiger partial charge in [-0.15, -0.1) is 11.3 Å². The van der Waals surface area contributed by atoms with Gasteiger partial charge < -0.3 is 15.4 Å². The number of rotatable bonds is 9. The SMILES string of the molecule is CC(C)C[C@H](NC(=O)c1ccc(Nc2nc(CN3CCOCC3)cs2)cc1)C(=O)N(C)C#N. The Kier molecular flexibility index (Phi) is 8.77. The Labute approximate surface area is 198 Å². The zero-order chi connectivity index (χ0) is 23.8. The molecule has 0 radical (unpaired) electrons. The molecule has 3 rings (SSSR count). The Morgan fingerprint density at radius 2 is 1.97 bits per heavy atom. The zero-order valence-electron chi connectivity index (χ0n) is 19.2. The minimum Gasteiger partial charge on any atom is -0.379 e. The lowest BCUT2D eigenvalue weighted by Gasteiger charge is -2.25. The Morgan fingerprint density at radius 1 is 1.27 bits per heavy atom. The van der Waals surface area contributed by atoms with Gasteiger partial charge in [0.05, 0.1) is 18.9 Å². The lowest BCUT2D eigenvalue weighted by atomic mass is 10.0. The molecule has 1 aromatic heterocycles. The minimum atomic E-state index is -0.750. The molecular formula is C23H30N6O3S. The lowest BCUT2D eigenvalue weighted by Crippen LogP contribution is -2.46. The summed E-state index contributed by atoms with van der Waals surface area (Å²) >= 11 is 1.54. The first-order valence-electron chi connectivity index (χ1n) is 11.0. The van der Waals surface area contributed by atoms with Crippen molar-refractivity contribution in [3.8, 4) is 6.19 Å². The van der Waals surface area contributed by atoms with E-state index in [2.05, 4.69) is 20.5 Å². The number of aromatic nitrogens is 1. The van der Waals surface area contributed by atoms with Crippen molar-refractivity contribution >= 4 is 34.0 Å². The van der Waals surface area contributed by atoms with E-state index in [1.165, 1.54) is 18.4 Å². The molecule has 1 aliphatic heterocycles. The number of likely N-dealkylation sites (N-methyl/N-ethyl adjacent to an activating group) is 1. The number of ether oxygens (including phenoxy) is 1. The fourth-order valence-corrected chi connectivity index (χ4v) is 4.19. The normalized spacial score (nSPS) is 15.0. The van der Waals surface area contributed by atoms with Crippen LogP contribution < -0.4 is 10.6 Å². The van der Waals surface area contributed by atoms with Crippen molar-refractivity contribution in [2.45, 2.75) is 32.9 Å². The molecule has 2 amide bonds. The largest absolute Gasteiger partial charge is 0.379 e. The summed E-state index contributed by atoms with van der Waals surface area (Å²) in [6, 6.07) is 6.26. The Balaban J connectivity index is 1.58. The number of thiazole rings is 1. The molecule has 2 heterocycles. The van der Waals surface area contributed by atoms with Gasteiger partial charge in [0.2, 0.25) is 0 Å². The summed E-state index contributed by atoms with van der Waals surface area (Å²) in [4.78, 5) is 33.0. The van der Waals surface area contributed by atoms with Crippen LogP contribution >= 0.6 is 11.3 Å². The number of carbonyl (C=O) groups is 2. The molecule has 2 N–H and O–H groups in total. The van der Waals surface area contributed by atoms with Crippen LogP contribution in [-0.2, 0) is 16.1 Å². The van der Waals surface area contributed by atoms with Gasteiger partial charge in [0, 0.05) is 43.3 Å². The second kappa shape index (κ2) is 11.7. The monoisotopic (exact) mass is 470 g/mol. The fourth-order valence-electron chi connectivity index (χ4n) is 3.47. The number of hydrogen-bond donors (Lipinski definition) is 2. The standard InChI is InChI=1S/C23H30N6O3S/c1-16(2)12-20(22(31)28(3)15-24)27-21(30)17-4-6-18(7-5-17)25-23-26-19(14-33-23)13-29-8-10-32-11-9-29/h4-7,14,16,20H,8-13H2,1-3H3,(H,25,26)(H,27,30)/t20-/m0/s1. The van der Waals surface area contributed by atoms with Crippen molar-refractivity contribution in [2.24, 2.45) is 5.92 Å². The van der Waals surface area contributed by atoms with Crippen molar-refractivity contribution in [3.05, 3.63) is 40.9 Å². The molecule has 9 nitrogen and oxygen atoms in total. The second-order valence-corrected chi connectivity index (χ2v) is 9.25. The predicted octanol–water partition coefficient (Wildman–Crippen LogP) is 2.80. The van der Waals surface area contributed by atoms with Crippen molar-refractivity contribution in [1.82, 2.24) is 20.1 Å². The van der Waals surface area contributed by atoms with E-state index >= 15 is 0 Å². The van der Waals surface area contributed by atoms with Gasteiger partial charge in [0.25, 0.3) is 11.8 Å². The third kappa shape index (κ3) is 7.25. The number of hydrogen-bond acceptors (Lipinski definition) is 8. The number of carbonyl (C=O) groups excluding carboxylic acids is 2. The summed E-state index contributed by atoms with van der Waals surface area (Å²) in [6.45, 7) is 8.08. The lowest BCUT2D eigenvalue weighted by molar-refractivity contribution is -0.129. The highest BCUT2D eigenvalue weighted by Crippen LogP contribution is 2.22. The van der Waals surface area contributed by atoms with Crippen LogP contribution in [0.4, 0.5) is 10.8 Å². The fraction of sp³-hybridized carbons (Fsp3) is 0.478. The van der Waals surface area contributed by atoms with Crippen LogP contribution in [0.5, 0.6) is 0 Å². The van der Waals surface area contributed by atoms with E-state index in [1.807, 2.05) is 19.2 Å². The summed E-state index contributed by atoms with van der Waals surface area (Å²) in [5.74, 6) is -0.590. The third-order valence-corrected chi connectivity index (χ3v) is 6.04. The van der Waals surface area contributed by atoms with Gasteiger partial charge in [-0.1, -0.05) is 13.8 Å². The molecule has 2 aromatic rings. The Morgan fingerprint density at radius 3 is 2.61 bits per heavy atom. The molecule has 0 saturated carbocycles. The number of benzene rings is 1. The van der Waals surface area contributed by atoms with Gasteiger partial charge in [-0.25, -0.2) is 4.98 Å². The first-order valence-corrected chi connectivity index (χ1v) is 11.8. The smallest absolute Gasteiger partial charge is 0.257 e. The summed E-state index contributed by atoms with van der Waals surface area (Å²) in [5, 5.41) is 17.9. The molecule has 176 valence electrons. The summed E-state index contributed by atoms with van der Waals surface area (Å²) < 4.78 is 5.38. The molecule has 1 fully saturated rings. The first kappa shape index (κ1) is 24.6. The third-order valence-electron chi connectivity index (χ3n) is 5.23. The number of nitriles is 1. The highest BCUT2D eigenvalue weighted by atomic mass is 32.1. The number of amides is 2. The molecule has 0 bridgehead atoms. The van der Waals surface area contributed by atoms with Crippen LogP contribution in [0.1, 0.15) is 36.3 Å². The molecule has 0 aliphatic carbocycles. The zero-order valence-corrected chi connectivity index (χ0v) is 20.0. The van der Waals surface area contributed by atoms with Crippen molar-refractivity contribution in [3.63, 3.8) is 0 Å². The van der Waals surface area contributed by atoms with E-state index in [9.17, 15) is 9.59 Å². The Bertz CT molecular complexity index is 979. The topological polar surface area (TPSA) is 111 Å². The maximum Gasteiger partial charge on any atom is 0.257 e. The van der Waals surface area contributed by atoms with Crippen LogP contribution in [0.3, 0.4) is 0 Å². The molecule has 1 aromatic carbocycles. The molecular weight excluding hydrogens is 440 g/mol. The molecule has 33 heavy (non-hydrogen) atoms. The predicted molar refractivity (Wildman–Crippen MR) is 127 cm³/mol. The van der Waals surface area contributed by atoms with Gasteiger partial charge in [-0.3, -0.25) is 19.4 Å². The number of nitrogens with one attached hydrogen (secondary N) is 2. The van der Waals surface area contributed by atoms with Crippen LogP contribution in [0.2, 0.25) is 0 Å². The quantitative estimate of drug-likeness (QED) is 0.428. The average molecular weight is 471 g/mol. The summed E-state index contributed by atoms with van der Waals surface area (Å²) in [6.07, 6.45) is 2.25. The molecule has 0 spiro atoms. The average Bonchev–Trinajstić information content (AvgIpc) is 3.24. The van der Waals surface area contributed by atoms with Gasteiger partial charge in [0.15, 0.2) is 11.3 Å². The van der Waals surface area contributed by atoms with Gasteiger partial charge >= 0.3 is 0 Å². The highest BCUT2D eigenvalue weighted by molar-refractivity contribution is 7.13. The maximum absolute atomic E-state index is 12.7. The number of anilines is 2. The van der Waals surface area contributed by atoms with E-state index in [4.69, 9.17) is 10.00 Å². The van der Waals surface area contributed by atoms with Crippen molar-refractivity contribution in [2.75, 3.05) is 38.7 Å². The Hall–Kier alpha value is -3.00. The van der Waals surface area contributed by atoms with Crippen LogP contribution in [0.25, 0.3) is 0 Å². The van der Waals surface area contributed by atoms with Crippen molar-refractivity contribution in [1.29, 1.82) is 5.26 Å². The van der Waals surface area contributed by atoms with E-state index in [-0.39, 0.29) is 11.8 Å². The van der Waals surface area contributed by atoms with Crippen LogP contribution in [0.15, 0.2) is 29.6 Å². The first-order chi connectivity index (χ1) is 15.9. The maximum atomic E-state index is 12.7. The van der Waals surface area contributed by atoms with E-state index in [1.54, 1.807) is 30.5 Å². The number of morpholine rings is 1. The molecule has 1 saturated heterocycles. The van der Waals surface area contributed by atoms with E-state index in [0.29, 0.717) is 12.0 Å². The molecule has 1 atom stereocenters. The summed E-state index contributed by atoms with van der Waals surface area (Å²) in [7, 11) is 1.40. The van der Waals surface area contributed by atoms with Gasteiger partial charge in [-0.2, -0.15) is 5.26 Å². The van der Waals surface area contributed by atoms with E-state index < -0.39 is 11.9 Å². The van der Waals surface area contributed by atoms with Gasteiger partial charge in [-0.05, 0) is 36.6 Å². The van der Waals surface area contributed by atoms with Crippen LogP contribution in [0, 0.1) is 17.4 Å². The van der Waals surface area contributed by atoms with Crippen LogP contribution in [-0.4, -0.2) is 66.0 Å². The van der Waals surface area contributed by atoms with Gasteiger partial charge in [0.1, 0.15) is 6.04 Å². The summed E-state index contributed by atoms with van der Waals surface area (Å²) in [5.41, 5.74) is 2.27. The highest BCUT2D eigenvalue weighted by Gasteiger charge is 2.25. The number of nitrogens with zero attached hydrogens (tertiary/aromatic N) is 4. The van der Waals surface area contributed by atoms with E-state index in [0.717, 1.165) is 54.3 Å². The molecule has 1 aliphatic rings. The molecule has 10 heteroatoms. The second-order valence-electron chi connectivity index (χ2n) is 8.39. The van der Waals surface area contributed by atoms with Crippen molar-refractivity contribution < 1.29 is 14.3 Å².